The Balaban J connectivity index is 2.80. The Morgan fingerprint density at radius 1 is 1.64 bits per heavy atom. The molecule has 2 atom stereocenters. The van der Waals surface area contributed by atoms with Gasteiger partial charge in [0.05, 0.1) is 11.7 Å². The van der Waals surface area contributed by atoms with E-state index in [4.69, 9.17) is 0 Å². The van der Waals surface area contributed by atoms with Gasteiger partial charge in [-0.05, 0) is 6.26 Å². The molecule has 0 saturated carbocycles. The normalized spacial score (nSPS) is 23.9. The van der Waals surface area contributed by atoms with Gasteiger partial charge in [0.1, 0.15) is 0 Å². The summed E-state index contributed by atoms with van der Waals surface area (Å²) in [6, 6.07) is 0. The Morgan fingerprint density at radius 3 is 2.57 bits per heavy atom. The highest BCUT2D eigenvalue weighted by Crippen LogP contribution is 2.26. The summed E-state index contributed by atoms with van der Waals surface area (Å²) in [5, 5.41) is 0.101. The number of nitrogens with zero attached hydrogens (tertiary/aromatic N) is 1. The molecule has 14 heavy (non-hydrogen) atoms. The quantitative estimate of drug-likeness (QED) is 0.479. The molecular weight excluding hydrogens is 206 g/mol. The minimum atomic E-state index is -0.674. The van der Waals surface area contributed by atoms with Crippen LogP contribution in [0.5, 0.6) is 0 Å². The number of hydrogen-bond donors (Lipinski definition) is 0. The molecule has 0 radical (unpaired) electrons. The Morgan fingerprint density at radius 2 is 2.21 bits per heavy atom. The van der Waals surface area contributed by atoms with E-state index in [2.05, 4.69) is 10.7 Å². The van der Waals surface area contributed by atoms with E-state index in [0.29, 0.717) is 5.06 Å². The summed E-state index contributed by atoms with van der Waals surface area (Å²) in [5.74, 6) is 2.09. The van der Waals surface area contributed by atoms with Gasteiger partial charge < -0.3 is 4.84 Å². The molecule has 1 saturated heterocycles. The van der Waals surface area contributed by atoms with E-state index in [0.717, 1.165) is 6.92 Å². The molecule has 5 nitrogen and oxygen atoms in total. The zero-order valence-electron chi connectivity index (χ0n) is 7.98. The molecule has 0 spiro atoms. The number of hydrogen-bond acceptors (Lipinski definition) is 4. The van der Waals surface area contributed by atoms with Crippen LogP contribution in [0.3, 0.4) is 0 Å². The zero-order chi connectivity index (χ0) is 10.9. The number of carbonyl (C=O) groups is 3. The predicted octanol–water partition coefficient (Wildman–Crippen LogP) is -0.0773. The van der Waals surface area contributed by atoms with Crippen molar-refractivity contribution in [2.75, 3.05) is 6.26 Å². The van der Waals surface area contributed by atoms with E-state index in [1.165, 1.54) is 0 Å². The van der Waals surface area contributed by atoms with Crippen molar-refractivity contribution in [1.29, 1.82) is 0 Å². The fourth-order valence-electron chi connectivity index (χ4n) is 1.12. The van der Waals surface area contributed by atoms with Crippen LogP contribution in [0.15, 0.2) is 0 Å². The molecule has 0 aromatic carbocycles. The second kappa shape index (κ2) is 3.91. The molecule has 0 bridgehead atoms. The highest BCUT2D eigenvalue weighted by Gasteiger charge is 2.41. The van der Waals surface area contributed by atoms with Crippen LogP contribution in [0.1, 0.15) is 13.3 Å². The number of hydroxylamine groups is 2. The average Bonchev–Trinajstić information content (AvgIpc) is 2.31. The van der Waals surface area contributed by atoms with Crippen molar-refractivity contribution < 1.29 is 19.2 Å². The van der Waals surface area contributed by atoms with E-state index in [1.54, 1.807) is 6.26 Å². The maximum absolute atomic E-state index is 11.5. The number of imide groups is 1. The van der Waals surface area contributed by atoms with Gasteiger partial charge in [-0.1, -0.05) is 5.87 Å². The van der Waals surface area contributed by atoms with E-state index in [9.17, 15) is 14.4 Å². The van der Waals surface area contributed by atoms with Crippen LogP contribution in [-0.4, -0.2) is 40.2 Å². The first-order valence-electron chi connectivity index (χ1n) is 3.93. The van der Waals surface area contributed by atoms with Crippen LogP contribution in [0, 0.1) is 0 Å². The molecular formula is C8H11NO4S. The van der Waals surface area contributed by atoms with E-state index < -0.39 is 33.5 Å². The molecule has 0 N–H and O–H groups in total. The van der Waals surface area contributed by atoms with Gasteiger partial charge in [-0.2, -0.15) is 10.5 Å². The van der Waals surface area contributed by atoms with Crippen molar-refractivity contribution in [1.82, 2.24) is 5.06 Å². The Hall–Kier alpha value is -1.17. The lowest BCUT2D eigenvalue weighted by molar-refractivity contribution is -0.195. The molecule has 2 unspecified atom stereocenters. The van der Waals surface area contributed by atoms with Crippen molar-refractivity contribution in [2.24, 2.45) is 0 Å². The Kier molecular flexibility index (Phi) is 3.05. The molecule has 0 aromatic heterocycles. The van der Waals surface area contributed by atoms with Crippen LogP contribution >= 0.6 is 10.5 Å². The highest BCUT2D eigenvalue weighted by atomic mass is 32.2. The van der Waals surface area contributed by atoms with Crippen LogP contribution in [0.25, 0.3) is 0 Å². The number of amides is 2. The molecule has 1 aliphatic rings. The minimum absolute atomic E-state index is 0.0786. The van der Waals surface area contributed by atoms with Gasteiger partial charge in [-0.3, -0.25) is 9.59 Å². The standard InChI is InChI=1S/C8H11NO4S/c1-5(10)13-9-7(11)4-6(8(9)12)14(2)3/h6H,2,4H2,1,3H3. The summed E-state index contributed by atoms with van der Waals surface area (Å²) in [6.07, 6.45) is 1.85. The van der Waals surface area contributed by atoms with Crippen molar-refractivity contribution >= 4 is 34.1 Å². The van der Waals surface area contributed by atoms with Crippen molar-refractivity contribution in [3.8, 4) is 0 Å². The molecule has 1 heterocycles. The summed E-state index contributed by atoms with van der Waals surface area (Å²) in [7, 11) is -0.431. The monoisotopic (exact) mass is 217 g/mol. The van der Waals surface area contributed by atoms with Crippen LogP contribution in [0.4, 0.5) is 0 Å². The third kappa shape index (κ3) is 2.01. The minimum Gasteiger partial charge on any atom is -0.331 e. The van der Waals surface area contributed by atoms with Gasteiger partial charge >= 0.3 is 5.97 Å². The molecule has 1 rings (SSSR count). The van der Waals surface area contributed by atoms with Crippen molar-refractivity contribution in [3.05, 3.63) is 0 Å². The third-order valence-corrected chi connectivity index (χ3v) is 3.11. The summed E-state index contributed by atoms with van der Waals surface area (Å²) in [4.78, 5) is 37.8. The number of carbonyl (C=O) groups excluding carboxylic acids is 3. The first-order chi connectivity index (χ1) is 6.43. The lowest BCUT2D eigenvalue weighted by atomic mass is 10.4. The van der Waals surface area contributed by atoms with Crippen LogP contribution in [-0.2, 0) is 19.2 Å². The smallest absolute Gasteiger partial charge is 0.330 e. The highest BCUT2D eigenvalue weighted by molar-refractivity contribution is 8.14. The largest absolute Gasteiger partial charge is 0.331 e. The lowest BCUT2D eigenvalue weighted by Gasteiger charge is -2.12. The Labute approximate surface area is 83.9 Å². The van der Waals surface area contributed by atoms with Gasteiger partial charge in [-0.25, -0.2) is 4.79 Å². The van der Waals surface area contributed by atoms with Gasteiger partial charge in [0, 0.05) is 6.92 Å². The van der Waals surface area contributed by atoms with Gasteiger partial charge in [-0.15, -0.1) is 5.06 Å². The average molecular weight is 217 g/mol. The summed E-state index contributed by atoms with van der Waals surface area (Å²) in [6.45, 7) is 1.14. The van der Waals surface area contributed by atoms with Gasteiger partial charge in [0.25, 0.3) is 11.8 Å². The number of rotatable bonds is 2. The van der Waals surface area contributed by atoms with Gasteiger partial charge in [0.15, 0.2) is 0 Å². The maximum Gasteiger partial charge on any atom is 0.330 e. The third-order valence-electron chi connectivity index (χ3n) is 1.77. The van der Waals surface area contributed by atoms with Crippen molar-refractivity contribution in [3.63, 3.8) is 0 Å². The predicted molar refractivity (Wildman–Crippen MR) is 52.7 cm³/mol. The first kappa shape index (κ1) is 10.9. The molecule has 1 aliphatic heterocycles. The van der Waals surface area contributed by atoms with Crippen LogP contribution in [0.2, 0.25) is 0 Å². The van der Waals surface area contributed by atoms with Gasteiger partial charge in [0.2, 0.25) is 0 Å². The molecule has 1 fully saturated rings. The SMILES string of the molecule is C=S(C)C1CC(=O)N(OC(C)=O)C1=O. The zero-order valence-corrected chi connectivity index (χ0v) is 8.80. The first-order valence-corrected chi connectivity index (χ1v) is 5.79. The Bertz CT molecular complexity index is 325. The fourth-order valence-corrected chi connectivity index (χ4v) is 1.99. The molecule has 78 valence electrons. The molecule has 2 amide bonds. The topological polar surface area (TPSA) is 63.7 Å². The van der Waals surface area contributed by atoms with E-state index in [1.807, 2.05) is 0 Å². The second-order valence-corrected chi connectivity index (χ2v) is 4.94. The van der Waals surface area contributed by atoms with E-state index in [-0.39, 0.29) is 6.42 Å². The fraction of sp³-hybridized carbons (Fsp3) is 0.500. The molecule has 0 aliphatic carbocycles. The molecule has 0 aromatic rings. The van der Waals surface area contributed by atoms with E-state index >= 15 is 0 Å². The summed E-state index contributed by atoms with van der Waals surface area (Å²) < 4.78 is 0. The lowest BCUT2D eigenvalue weighted by Crippen LogP contribution is -2.33. The molecule has 6 heteroatoms. The maximum atomic E-state index is 11.5. The second-order valence-electron chi connectivity index (χ2n) is 2.99. The summed E-state index contributed by atoms with van der Waals surface area (Å²) in [5.41, 5.74) is 0. The van der Waals surface area contributed by atoms with Crippen molar-refractivity contribution in [2.45, 2.75) is 18.6 Å². The van der Waals surface area contributed by atoms with Crippen LogP contribution < -0.4 is 0 Å². The summed E-state index contributed by atoms with van der Waals surface area (Å²) >= 11 is 0.